The molecular weight excluding hydrogens is 354 g/mol. The molecule has 2 aromatic carbocycles. The molecule has 0 bridgehead atoms. The Morgan fingerprint density at radius 2 is 2.05 bits per heavy atom. The first kappa shape index (κ1) is 14.1. The summed E-state index contributed by atoms with van der Waals surface area (Å²) in [4.78, 5) is 5.66. The molecule has 0 saturated carbocycles. The molecule has 1 heterocycles. The van der Waals surface area contributed by atoms with Gasteiger partial charge in [-0.15, -0.1) is 11.3 Å². The van der Waals surface area contributed by atoms with Gasteiger partial charge in [-0.05, 0) is 36.8 Å². The minimum atomic E-state index is -0.486. The Kier molecular flexibility index (Phi) is 4.12. The molecule has 0 aliphatic rings. The zero-order chi connectivity index (χ0) is 14.1. The van der Waals surface area contributed by atoms with Gasteiger partial charge in [0.15, 0.2) is 4.34 Å². The van der Waals surface area contributed by atoms with Crippen molar-refractivity contribution in [2.24, 2.45) is 0 Å². The summed E-state index contributed by atoms with van der Waals surface area (Å²) in [6.45, 7) is 1.78. The van der Waals surface area contributed by atoms with Crippen LogP contribution in [0.4, 0.5) is 0 Å². The molecule has 0 aliphatic heterocycles. The number of benzene rings is 2. The number of fused-ring (bicyclic) bond motifs is 1. The number of hydrogen-bond donors (Lipinski definition) is 1. The summed E-state index contributed by atoms with van der Waals surface area (Å²) in [6, 6.07) is 14.0. The predicted molar refractivity (Wildman–Crippen MR) is 88.5 cm³/mol. The predicted octanol–water partition coefficient (Wildman–Crippen LogP) is 5.26. The van der Waals surface area contributed by atoms with E-state index in [-0.39, 0.29) is 0 Å². The van der Waals surface area contributed by atoms with Gasteiger partial charge in [0.1, 0.15) is 0 Å². The zero-order valence-electron chi connectivity index (χ0n) is 10.7. The minimum absolute atomic E-state index is 0.486. The Labute approximate surface area is 134 Å². The molecule has 20 heavy (non-hydrogen) atoms. The average molecular weight is 366 g/mol. The minimum Gasteiger partial charge on any atom is -0.389 e. The standard InChI is InChI=1S/C15H12BrNOS2/c1-9(18)11-7-6-10(16)8-14(11)20-15-17-12-4-2-3-5-13(12)19-15/h2-9,18H,1H3. The van der Waals surface area contributed by atoms with E-state index in [4.69, 9.17) is 0 Å². The molecule has 0 saturated heterocycles. The molecule has 0 spiro atoms. The molecule has 1 aromatic heterocycles. The van der Waals surface area contributed by atoms with E-state index < -0.39 is 6.10 Å². The molecule has 0 amide bonds. The van der Waals surface area contributed by atoms with E-state index >= 15 is 0 Å². The number of nitrogens with zero attached hydrogens (tertiary/aromatic N) is 1. The Hall–Kier alpha value is -0.880. The molecule has 2 nitrogen and oxygen atoms in total. The van der Waals surface area contributed by atoms with Crippen LogP contribution in [-0.4, -0.2) is 10.1 Å². The molecule has 0 aliphatic carbocycles. The lowest BCUT2D eigenvalue weighted by Gasteiger charge is -2.10. The smallest absolute Gasteiger partial charge is 0.155 e. The third-order valence-electron chi connectivity index (χ3n) is 2.90. The molecule has 1 atom stereocenters. The molecule has 1 unspecified atom stereocenters. The number of aliphatic hydroxyl groups is 1. The van der Waals surface area contributed by atoms with Crippen LogP contribution in [0.25, 0.3) is 10.2 Å². The van der Waals surface area contributed by atoms with E-state index in [1.807, 2.05) is 36.4 Å². The Morgan fingerprint density at radius 3 is 2.80 bits per heavy atom. The van der Waals surface area contributed by atoms with Gasteiger partial charge in [0.25, 0.3) is 0 Å². The Bertz CT molecular complexity index is 721. The monoisotopic (exact) mass is 365 g/mol. The molecule has 3 aromatic rings. The van der Waals surface area contributed by atoms with E-state index in [9.17, 15) is 5.11 Å². The van der Waals surface area contributed by atoms with Crippen LogP contribution < -0.4 is 0 Å². The van der Waals surface area contributed by atoms with Crippen LogP contribution in [0, 0.1) is 0 Å². The van der Waals surface area contributed by atoms with Gasteiger partial charge in [0.05, 0.1) is 16.3 Å². The molecule has 3 rings (SSSR count). The number of halogens is 1. The van der Waals surface area contributed by atoms with Crippen molar-refractivity contribution in [1.29, 1.82) is 0 Å². The van der Waals surface area contributed by atoms with E-state index in [1.165, 1.54) is 4.70 Å². The molecule has 5 heteroatoms. The first-order valence-corrected chi connectivity index (χ1v) is 8.57. The van der Waals surface area contributed by atoms with Crippen molar-refractivity contribution < 1.29 is 5.11 Å². The lowest BCUT2D eigenvalue weighted by Crippen LogP contribution is -1.93. The van der Waals surface area contributed by atoms with E-state index in [1.54, 1.807) is 30.0 Å². The number of rotatable bonds is 3. The highest BCUT2D eigenvalue weighted by molar-refractivity contribution is 9.10. The number of aromatic nitrogens is 1. The maximum absolute atomic E-state index is 9.87. The third-order valence-corrected chi connectivity index (χ3v) is 5.56. The van der Waals surface area contributed by atoms with Gasteiger partial charge in [0.2, 0.25) is 0 Å². The van der Waals surface area contributed by atoms with Crippen LogP contribution in [0.15, 0.2) is 56.2 Å². The summed E-state index contributed by atoms with van der Waals surface area (Å²) < 4.78 is 3.18. The van der Waals surface area contributed by atoms with E-state index in [0.29, 0.717) is 0 Å². The van der Waals surface area contributed by atoms with Crippen molar-refractivity contribution in [3.63, 3.8) is 0 Å². The second kappa shape index (κ2) is 5.85. The van der Waals surface area contributed by atoms with Crippen LogP contribution >= 0.6 is 39.0 Å². The third kappa shape index (κ3) is 2.91. The normalized spacial score (nSPS) is 12.8. The fraction of sp³-hybridized carbons (Fsp3) is 0.133. The van der Waals surface area contributed by atoms with Crippen LogP contribution in [0.1, 0.15) is 18.6 Å². The number of para-hydroxylation sites is 1. The maximum Gasteiger partial charge on any atom is 0.155 e. The summed E-state index contributed by atoms with van der Waals surface area (Å²) >= 11 is 6.75. The highest BCUT2D eigenvalue weighted by atomic mass is 79.9. The van der Waals surface area contributed by atoms with Gasteiger partial charge in [-0.3, -0.25) is 0 Å². The lowest BCUT2D eigenvalue weighted by molar-refractivity contribution is 0.196. The first-order chi connectivity index (χ1) is 9.63. The van der Waals surface area contributed by atoms with Crippen molar-refractivity contribution in [3.8, 4) is 0 Å². The van der Waals surface area contributed by atoms with Crippen molar-refractivity contribution in [2.75, 3.05) is 0 Å². The molecule has 0 fully saturated rings. The number of aliphatic hydroxyl groups excluding tert-OH is 1. The average Bonchev–Trinajstić information content (AvgIpc) is 2.80. The molecule has 1 N–H and O–H groups in total. The largest absolute Gasteiger partial charge is 0.389 e. The summed E-state index contributed by atoms with van der Waals surface area (Å²) in [7, 11) is 0. The van der Waals surface area contributed by atoms with Crippen LogP contribution in [0.3, 0.4) is 0 Å². The zero-order valence-corrected chi connectivity index (χ0v) is 13.9. The number of hydrogen-bond acceptors (Lipinski definition) is 4. The maximum atomic E-state index is 9.87. The summed E-state index contributed by atoms with van der Waals surface area (Å²) in [5.74, 6) is 0. The van der Waals surface area contributed by atoms with Gasteiger partial charge < -0.3 is 5.11 Å². The topological polar surface area (TPSA) is 33.1 Å². The Morgan fingerprint density at radius 1 is 1.25 bits per heavy atom. The Balaban J connectivity index is 1.99. The second-order valence-corrected chi connectivity index (χ2v) is 7.64. The van der Waals surface area contributed by atoms with Gasteiger partial charge >= 0.3 is 0 Å². The fourth-order valence-electron chi connectivity index (χ4n) is 1.93. The summed E-state index contributed by atoms with van der Waals surface area (Å²) in [5.41, 5.74) is 1.95. The molecule has 0 radical (unpaired) electrons. The highest BCUT2D eigenvalue weighted by Gasteiger charge is 2.12. The van der Waals surface area contributed by atoms with Gasteiger partial charge in [-0.2, -0.15) is 0 Å². The lowest BCUT2D eigenvalue weighted by atomic mass is 10.1. The van der Waals surface area contributed by atoms with E-state index in [2.05, 4.69) is 27.0 Å². The fourth-order valence-corrected chi connectivity index (χ4v) is 4.72. The van der Waals surface area contributed by atoms with Crippen molar-refractivity contribution in [1.82, 2.24) is 4.98 Å². The SMILES string of the molecule is CC(O)c1ccc(Br)cc1Sc1nc2ccccc2s1. The van der Waals surface area contributed by atoms with Crippen LogP contribution in [0.5, 0.6) is 0 Å². The van der Waals surface area contributed by atoms with Gasteiger partial charge in [-0.1, -0.05) is 45.9 Å². The summed E-state index contributed by atoms with van der Waals surface area (Å²) in [5, 5.41) is 9.87. The first-order valence-electron chi connectivity index (χ1n) is 6.14. The molecule has 102 valence electrons. The highest BCUT2D eigenvalue weighted by Crippen LogP contribution is 2.38. The van der Waals surface area contributed by atoms with Crippen LogP contribution in [-0.2, 0) is 0 Å². The van der Waals surface area contributed by atoms with E-state index in [0.717, 1.165) is 24.8 Å². The van der Waals surface area contributed by atoms with Crippen molar-refractivity contribution >= 4 is 49.2 Å². The van der Waals surface area contributed by atoms with Crippen LogP contribution in [0.2, 0.25) is 0 Å². The second-order valence-electron chi connectivity index (χ2n) is 4.41. The van der Waals surface area contributed by atoms with Gasteiger partial charge in [-0.25, -0.2) is 4.98 Å². The summed E-state index contributed by atoms with van der Waals surface area (Å²) in [6.07, 6.45) is -0.486. The number of thiazole rings is 1. The van der Waals surface area contributed by atoms with Crippen molar-refractivity contribution in [2.45, 2.75) is 22.3 Å². The van der Waals surface area contributed by atoms with Crippen molar-refractivity contribution in [3.05, 3.63) is 52.5 Å². The van der Waals surface area contributed by atoms with Gasteiger partial charge in [0, 0.05) is 9.37 Å². The quantitative estimate of drug-likeness (QED) is 0.686. The molecular formula is C15H12BrNOS2.